The van der Waals surface area contributed by atoms with Gasteiger partial charge in [-0.2, -0.15) is 0 Å². The van der Waals surface area contributed by atoms with Crippen molar-refractivity contribution in [1.82, 2.24) is 5.32 Å². The summed E-state index contributed by atoms with van der Waals surface area (Å²) in [6, 6.07) is 0. The average Bonchev–Trinajstić information content (AvgIpc) is 2.16. The molecule has 0 bridgehead atoms. The predicted octanol–water partition coefficient (Wildman–Crippen LogP) is 0.904. The SMILES string of the molecule is C=CCCNC(C)(CN)C(C)OC. The van der Waals surface area contributed by atoms with Gasteiger partial charge >= 0.3 is 0 Å². The van der Waals surface area contributed by atoms with Gasteiger partial charge in [0, 0.05) is 13.7 Å². The Labute approximate surface area is 81.3 Å². The first-order valence-electron chi connectivity index (χ1n) is 4.69. The Kier molecular flexibility index (Phi) is 5.95. The average molecular weight is 186 g/mol. The molecule has 0 aromatic rings. The molecular weight excluding hydrogens is 164 g/mol. The molecule has 3 nitrogen and oxygen atoms in total. The minimum absolute atomic E-state index is 0.113. The van der Waals surface area contributed by atoms with Crippen LogP contribution in [-0.4, -0.2) is 31.8 Å². The van der Waals surface area contributed by atoms with Gasteiger partial charge in [-0.25, -0.2) is 0 Å². The number of rotatable bonds is 7. The molecule has 0 fully saturated rings. The van der Waals surface area contributed by atoms with Gasteiger partial charge in [0.1, 0.15) is 0 Å². The minimum Gasteiger partial charge on any atom is -0.380 e. The maximum atomic E-state index is 5.70. The van der Waals surface area contributed by atoms with E-state index in [1.165, 1.54) is 0 Å². The topological polar surface area (TPSA) is 47.3 Å². The number of ether oxygens (including phenoxy) is 1. The highest BCUT2D eigenvalue weighted by atomic mass is 16.5. The number of nitrogens with one attached hydrogen (secondary N) is 1. The van der Waals surface area contributed by atoms with Crippen molar-refractivity contribution in [2.45, 2.75) is 31.9 Å². The largest absolute Gasteiger partial charge is 0.380 e. The zero-order valence-corrected chi connectivity index (χ0v) is 8.97. The zero-order valence-electron chi connectivity index (χ0n) is 8.97. The first-order valence-corrected chi connectivity index (χ1v) is 4.69. The van der Waals surface area contributed by atoms with Gasteiger partial charge < -0.3 is 15.8 Å². The van der Waals surface area contributed by atoms with Crippen LogP contribution >= 0.6 is 0 Å². The summed E-state index contributed by atoms with van der Waals surface area (Å²) in [6.45, 7) is 9.23. The lowest BCUT2D eigenvalue weighted by Gasteiger charge is -2.34. The van der Waals surface area contributed by atoms with Crippen molar-refractivity contribution in [2.75, 3.05) is 20.2 Å². The van der Waals surface area contributed by atoms with Crippen molar-refractivity contribution < 1.29 is 4.74 Å². The lowest BCUT2D eigenvalue weighted by Crippen LogP contribution is -2.56. The van der Waals surface area contributed by atoms with E-state index in [2.05, 4.69) is 18.8 Å². The number of hydrogen-bond donors (Lipinski definition) is 2. The van der Waals surface area contributed by atoms with E-state index in [4.69, 9.17) is 10.5 Å². The van der Waals surface area contributed by atoms with Crippen molar-refractivity contribution in [3.63, 3.8) is 0 Å². The summed E-state index contributed by atoms with van der Waals surface area (Å²) >= 11 is 0. The highest BCUT2D eigenvalue weighted by molar-refractivity contribution is 4.90. The molecule has 13 heavy (non-hydrogen) atoms. The van der Waals surface area contributed by atoms with Gasteiger partial charge in [0.25, 0.3) is 0 Å². The summed E-state index contributed by atoms with van der Waals surface area (Å²) in [5.41, 5.74) is 5.56. The van der Waals surface area contributed by atoms with Gasteiger partial charge in [-0.3, -0.25) is 0 Å². The Morgan fingerprint density at radius 2 is 2.31 bits per heavy atom. The fraction of sp³-hybridized carbons (Fsp3) is 0.800. The molecule has 2 unspecified atom stereocenters. The van der Waals surface area contributed by atoms with E-state index < -0.39 is 0 Å². The molecule has 0 radical (unpaired) electrons. The molecule has 2 atom stereocenters. The van der Waals surface area contributed by atoms with Crippen molar-refractivity contribution in [1.29, 1.82) is 0 Å². The minimum atomic E-state index is -0.141. The van der Waals surface area contributed by atoms with Crippen LogP contribution in [0.4, 0.5) is 0 Å². The summed E-state index contributed by atoms with van der Waals surface area (Å²) in [7, 11) is 1.70. The third-order valence-electron chi connectivity index (χ3n) is 2.55. The molecule has 3 N–H and O–H groups in total. The second kappa shape index (κ2) is 6.13. The van der Waals surface area contributed by atoms with Crippen LogP contribution in [0.25, 0.3) is 0 Å². The molecule has 0 aliphatic carbocycles. The van der Waals surface area contributed by atoms with Gasteiger partial charge in [0.2, 0.25) is 0 Å². The molecule has 0 aliphatic rings. The number of methoxy groups -OCH3 is 1. The van der Waals surface area contributed by atoms with Crippen LogP contribution < -0.4 is 11.1 Å². The van der Waals surface area contributed by atoms with Gasteiger partial charge in [0.15, 0.2) is 0 Å². The lowest BCUT2D eigenvalue weighted by molar-refractivity contribution is 0.0424. The summed E-state index contributed by atoms with van der Waals surface area (Å²) in [5.74, 6) is 0. The van der Waals surface area contributed by atoms with Crippen molar-refractivity contribution in [3.05, 3.63) is 12.7 Å². The molecule has 0 aliphatic heterocycles. The Morgan fingerprint density at radius 3 is 2.69 bits per heavy atom. The van der Waals surface area contributed by atoms with E-state index in [1.807, 2.05) is 13.0 Å². The molecule has 0 heterocycles. The van der Waals surface area contributed by atoms with Crippen LogP contribution in [0.15, 0.2) is 12.7 Å². The molecule has 0 spiro atoms. The smallest absolute Gasteiger partial charge is 0.0734 e. The first-order chi connectivity index (χ1) is 6.10. The van der Waals surface area contributed by atoms with Crippen LogP contribution in [-0.2, 0) is 4.74 Å². The quantitative estimate of drug-likeness (QED) is 0.459. The van der Waals surface area contributed by atoms with Crippen molar-refractivity contribution >= 4 is 0 Å². The van der Waals surface area contributed by atoms with E-state index >= 15 is 0 Å². The highest BCUT2D eigenvalue weighted by Crippen LogP contribution is 2.10. The van der Waals surface area contributed by atoms with E-state index in [0.717, 1.165) is 13.0 Å². The lowest BCUT2D eigenvalue weighted by atomic mass is 9.96. The number of nitrogens with two attached hydrogens (primary N) is 1. The van der Waals surface area contributed by atoms with Crippen molar-refractivity contribution in [3.8, 4) is 0 Å². The first kappa shape index (κ1) is 12.6. The second-order valence-corrected chi connectivity index (χ2v) is 3.50. The van der Waals surface area contributed by atoms with E-state index in [1.54, 1.807) is 7.11 Å². The van der Waals surface area contributed by atoms with Gasteiger partial charge in [-0.15, -0.1) is 6.58 Å². The summed E-state index contributed by atoms with van der Waals surface area (Å²) in [4.78, 5) is 0. The molecule has 78 valence electrons. The summed E-state index contributed by atoms with van der Waals surface area (Å²) in [6.07, 6.45) is 2.95. The van der Waals surface area contributed by atoms with Crippen LogP contribution in [0.3, 0.4) is 0 Å². The monoisotopic (exact) mass is 186 g/mol. The van der Waals surface area contributed by atoms with Gasteiger partial charge in [-0.1, -0.05) is 6.08 Å². The van der Waals surface area contributed by atoms with Gasteiger partial charge in [0.05, 0.1) is 11.6 Å². The van der Waals surface area contributed by atoms with E-state index in [-0.39, 0.29) is 11.6 Å². The maximum absolute atomic E-state index is 5.70. The maximum Gasteiger partial charge on any atom is 0.0734 e. The van der Waals surface area contributed by atoms with Crippen molar-refractivity contribution in [2.24, 2.45) is 5.73 Å². The van der Waals surface area contributed by atoms with Crippen LogP contribution in [0, 0.1) is 0 Å². The highest BCUT2D eigenvalue weighted by Gasteiger charge is 2.28. The van der Waals surface area contributed by atoms with Crippen LogP contribution in [0.2, 0.25) is 0 Å². The van der Waals surface area contributed by atoms with E-state index in [9.17, 15) is 0 Å². The van der Waals surface area contributed by atoms with E-state index in [0.29, 0.717) is 6.54 Å². The second-order valence-electron chi connectivity index (χ2n) is 3.50. The fourth-order valence-electron chi connectivity index (χ4n) is 1.10. The van der Waals surface area contributed by atoms with Gasteiger partial charge in [-0.05, 0) is 26.8 Å². The molecule has 0 saturated carbocycles. The third kappa shape index (κ3) is 3.89. The summed E-state index contributed by atoms with van der Waals surface area (Å²) in [5, 5.41) is 3.38. The number of hydrogen-bond acceptors (Lipinski definition) is 3. The normalized spacial score (nSPS) is 17.8. The zero-order chi connectivity index (χ0) is 10.3. The molecule has 3 heteroatoms. The van der Waals surface area contributed by atoms with Crippen LogP contribution in [0.5, 0.6) is 0 Å². The summed E-state index contributed by atoms with van der Waals surface area (Å²) < 4.78 is 5.27. The molecule has 0 aromatic heterocycles. The third-order valence-corrected chi connectivity index (χ3v) is 2.55. The molecule has 0 saturated heterocycles. The Morgan fingerprint density at radius 1 is 1.69 bits per heavy atom. The molecule has 0 rings (SSSR count). The fourth-order valence-corrected chi connectivity index (χ4v) is 1.10. The Hall–Kier alpha value is -0.380. The predicted molar refractivity (Wildman–Crippen MR) is 56.7 cm³/mol. The Balaban J connectivity index is 4.02. The molecule has 0 aromatic carbocycles. The van der Waals surface area contributed by atoms with Crippen LogP contribution in [0.1, 0.15) is 20.3 Å². The molecular formula is C10H22N2O. The Bertz CT molecular complexity index is 150. The standard InChI is InChI=1S/C10H22N2O/c1-5-6-7-12-10(3,8-11)9(2)13-4/h5,9,12H,1,6-8,11H2,2-4H3. The molecule has 0 amide bonds.